The molecule has 2 aromatic carbocycles. The fourth-order valence-electron chi connectivity index (χ4n) is 3.58. The topological polar surface area (TPSA) is 68.3 Å². The van der Waals surface area contributed by atoms with Crippen LogP contribution in [-0.2, 0) is 9.53 Å². The largest absolute Gasteiger partial charge is 0.487 e. The highest BCUT2D eigenvalue weighted by atomic mass is 19.1. The Balaban J connectivity index is 1.59. The Labute approximate surface area is 183 Å². The molecule has 0 aliphatic carbocycles. The number of carbonyl (C=O) groups is 2. The molecule has 5 nitrogen and oxygen atoms in total. The van der Waals surface area contributed by atoms with Crippen molar-refractivity contribution in [3.63, 3.8) is 0 Å². The molecular weight excluding hydrogens is 414 g/mol. The number of ether oxygens (including phenoxy) is 1. The molecule has 2 heterocycles. The Morgan fingerprint density at radius 2 is 1.66 bits per heavy atom. The fraction of sp³-hybridized carbons (Fsp3) is 0.160. The molecule has 4 rings (SSSR count). The number of carbonyl (C=O) groups excluding carboxylic acids is 2. The normalized spacial score (nSPS) is 14.7. The lowest BCUT2D eigenvalue weighted by Crippen LogP contribution is -2.29. The number of rotatable bonds is 4. The van der Waals surface area contributed by atoms with E-state index in [1.54, 1.807) is 32.2 Å². The van der Waals surface area contributed by atoms with E-state index < -0.39 is 28.7 Å². The van der Waals surface area contributed by atoms with Crippen molar-refractivity contribution in [3.05, 3.63) is 89.3 Å². The summed E-state index contributed by atoms with van der Waals surface area (Å²) < 4.78 is 33.1. The molecule has 0 saturated carbocycles. The number of pyridine rings is 1. The average Bonchev–Trinajstić information content (AvgIpc) is 3.01. The summed E-state index contributed by atoms with van der Waals surface area (Å²) in [5, 5.41) is 2.40. The molecule has 0 atom stereocenters. The van der Waals surface area contributed by atoms with E-state index in [0.717, 1.165) is 34.4 Å². The van der Waals surface area contributed by atoms with E-state index in [-0.39, 0.29) is 11.6 Å². The number of ketones is 1. The van der Waals surface area contributed by atoms with Gasteiger partial charge in [0.2, 0.25) is 5.78 Å². The highest BCUT2D eigenvalue weighted by Gasteiger charge is 2.38. The number of hydrogen-bond donors (Lipinski definition) is 1. The Morgan fingerprint density at radius 3 is 2.25 bits per heavy atom. The lowest BCUT2D eigenvalue weighted by Gasteiger charge is -2.16. The summed E-state index contributed by atoms with van der Waals surface area (Å²) in [5.74, 6) is -2.76. The summed E-state index contributed by atoms with van der Waals surface area (Å²) in [4.78, 5) is 29.1. The third kappa shape index (κ3) is 3.77. The van der Waals surface area contributed by atoms with Gasteiger partial charge in [0.05, 0.1) is 11.8 Å². The molecule has 0 saturated heterocycles. The maximum absolute atomic E-state index is 13.8. The quantitative estimate of drug-likeness (QED) is 0.605. The molecule has 1 amide bonds. The highest BCUT2D eigenvalue weighted by Crippen LogP contribution is 2.35. The molecule has 3 aromatic rings. The molecule has 1 aliphatic rings. The van der Waals surface area contributed by atoms with Crippen LogP contribution in [0.25, 0.3) is 16.7 Å². The number of aromatic nitrogens is 1. The lowest BCUT2D eigenvalue weighted by atomic mass is 9.89. The first-order chi connectivity index (χ1) is 15.2. The van der Waals surface area contributed by atoms with Gasteiger partial charge in [0, 0.05) is 11.8 Å². The number of hydrogen-bond acceptors (Lipinski definition) is 4. The van der Waals surface area contributed by atoms with E-state index >= 15 is 0 Å². The van der Waals surface area contributed by atoms with Crippen molar-refractivity contribution in [2.24, 2.45) is 0 Å². The van der Waals surface area contributed by atoms with Crippen LogP contribution in [0.2, 0.25) is 0 Å². The molecule has 162 valence electrons. The molecule has 7 heteroatoms. The van der Waals surface area contributed by atoms with Crippen molar-refractivity contribution < 1.29 is 23.1 Å². The highest BCUT2D eigenvalue weighted by molar-refractivity contribution is 6.26. The van der Waals surface area contributed by atoms with Gasteiger partial charge in [-0.3, -0.25) is 9.59 Å². The summed E-state index contributed by atoms with van der Waals surface area (Å²) >= 11 is 0. The van der Waals surface area contributed by atoms with Crippen molar-refractivity contribution in [1.29, 1.82) is 0 Å². The molecule has 32 heavy (non-hydrogen) atoms. The summed E-state index contributed by atoms with van der Waals surface area (Å²) in [6.45, 7) is 5.35. The van der Waals surface area contributed by atoms with Crippen LogP contribution < -0.4 is 5.32 Å². The Morgan fingerprint density at radius 1 is 1.00 bits per heavy atom. The second kappa shape index (κ2) is 8.00. The lowest BCUT2D eigenvalue weighted by molar-refractivity contribution is -0.125. The van der Waals surface area contributed by atoms with E-state index in [9.17, 15) is 18.4 Å². The van der Waals surface area contributed by atoms with Crippen molar-refractivity contribution in [1.82, 2.24) is 4.98 Å². The Hall–Kier alpha value is -3.87. The molecule has 0 radical (unpaired) electrons. The minimum absolute atomic E-state index is 0.0886. The zero-order chi connectivity index (χ0) is 23.0. The van der Waals surface area contributed by atoms with E-state index in [1.807, 2.05) is 25.1 Å². The number of anilines is 1. The minimum atomic E-state index is -0.950. The first-order valence-corrected chi connectivity index (χ1v) is 9.93. The second-order valence-electron chi connectivity index (χ2n) is 7.95. The van der Waals surface area contributed by atoms with Gasteiger partial charge in [0.25, 0.3) is 5.91 Å². The minimum Gasteiger partial charge on any atom is -0.487 e. The summed E-state index contributed by atoms with van der Waals surface area (Å²) in [5.41, 5.74) is 2.21. The SMILES string of the molecule is Cc1c(C2=COC(C)(C)C2=O)cccc1-c1ccc(NC(=O)c2c(F)cccc2F)nc1. The maximum Gasteiger partial charge on any atom is 0.262 e. The van der Waals surface area contributed by atoms with Gasteiger partial charge in [0.1, 0.15) is 23.0 Å². The average molecular weight is 434 g/mol. The summed E-state index contributed by atoms with van der Waals surface area (Å²) in [7, 11) is 0. The van der Waals surface area contributed by atoms with Gasteiger partial charge in [-0.1, -0.05) is 24.3 Å². The fourth-order valence-corrected chi connectivity index (χ4v) is 3.58. The molecule has 1 aromatic heterocycles. The molecule has 0 unspecified atom stereocenters. The van der Waals surface area contributed by atoms with Crippen molar-refractivity contribution >= 4 is 23.1 Å². The van der Waals surface area contributed by atoms with Gasteiger partial charge < -0.3 is 10.1 Å². The van der Waals surface area contributed by atoms with Crippen LogP contribution in [0.5, 0.6) is 0 Å². The molecule has 1 aliphatic heterocycles. The number of halogens is 2. The van der Waals surface area contributed by atoms with Gasteiger partial charge in [-0.15, -0.1) is 0 Å². The van der Waals surface area contributed by atoms with E-state index in [1.165, 1.54) is 12.3 Å². The number of Topliss-reactive ketones (excluding diaryl/α,β-unsaturated/α-hetero) is 1. The maximum atomic E-state index is 13.8. The van der Waals surface area contributed by atoms with Gasteiger partial charge in [-0.25, -0.2) is 13.8 Å². The van der Waals surface area contributed by atoms with Gasteiger partial charge in [-0.2, -0.15) is 0 Å². The number of nitrogens with one attached hydrogen (secondary N) is 1. The molecular formula is C25H20F2N2O3. The first kappa shape index (κ1) is 21.4. The number of amides is 1. The molecule has 0 fully saturated rings. The number of nitrogens with zero attached hydrogens (tertiary/aromatic N) is 1. The van der Waals surface area contributed by atoms with Gasteiger partial charge in [0.15, 0.2) is 5.60 Å². The number of benzene rings is 2. The summed E-state index contributed by atoms with van der Waals surface area (Å²) in [6, 6.07) is 12.1. The van der Waals surface area contributed by atoms with Crippen molar-refractivity contribution in [2.45, 2.75) is 26.4 Å². The standard InChI is InChI=1S/C25H20F2N2O3/c1-14-16(6-4-7-17(14)18-13-32-25(2,3)23(18)30)15-10-11-21(28-12-15)29-24(31)22-19(26)8-5-9-20(22)27/h4-13H,1-3H3,(H,28,29,31). The summed E-state index contributed by atoms with van der Waals surface area (Å²) in [6.07, 6.45) is 3.04. The third-order valence-electron chi connectivity index (χ3n) is 5.39. The Kier molecular flexibility index (Phi) is 5.34. The van der Waals surface area contributed by atoms with Crippen molar-refractivity contribution in [2.75, 3.05) is 5.32 Å². The smallest absolute Gasteiger partial charge is 0.262 e. The monoisotopic (exact) mass is 434 g/mol. The first-order valence-electron chi connectivity index (χ1n) is 9.93. The van der Waals surface area contributed by atoms with Gasteiger partial charge in [-0.05, 0) is 61.7 Å². The van der Waals surface area contributed by atoms with Crippen LogP contribution in [0, 0.1) is 18.6 Å². The zero-order valence-electron chi connectivity index (χ0n) is 17.7. The van der Waals surface area contributed by atoms with Crippen LogP contribution in [-0.4, -0.2) is 22.3 Å². The predicted molar refractivity (Wildman–Crippen MR) is 117 cm³/mol. The Bertz CT molecular complexity index is 1240. The molecule has 0 spiro atoms. The van der Waals surface area contributed by atoms with Crippen LogP contribution in [0.4, 0.5) is 14.6 Å². The van der Waals surface area contributed by atoms with Crippen LogP contribution in [0.1, 0.15) is 35.3 Å². The van der Waals surface area contributed by atoms with Crippen LogP contribution in [0.15, 0.2) is 61.0 Å². The van der Waals surface area contributed by atoms with Gasteiger partial charge >= 0.3 is 0 Å². The second-order valence-corrected chi connectivity index (χ2v) is 7.95. The van der Waals surface area contributed by atoms with E-state index in [4.69, 9.17) is 4.74 Å². The van der Waals surface area contributed by atoms with Crippen molar-refractivity contribution in [3.8, 4) is 11.1 Å². The third-order valence-corrected chi connectivity index (χ3v) is 5.39. The molecule has 1 N–H and O–H groups in total. The van der Waals surface area contributed by atoms with Crippen LogP contribution >= 0.6 is 0 Å². The molecule has 0 bridgehead atoms. The zero-order valence-corrected chi connectivity index (χ0v) is 17.7. The van der Waals surface area contributed by atoms with E-state index in [2.05, 4.69) is 10.3 Å². The van der Waals surface area contributed by atoms with E-state index in [0.29, 0.717) is 5.57 Å². The van der Waals surface area contributed by atoms with Crippen LogP contribution in [0.3, 0.4) is 0 Å². The predicted octanol–water partition coefficient (Wildman–Crippen LogP) is 5.31.